The van der Waals surface area contributed by atoms with Gasteiger partial charge in [0.05, 0.1) is 0 Å². The van der Waals surface area contributed by atoms with E-state index in [-0.39, 0.29) is 18.9 Å². The monoisotopic (exact) mass is 378 g/mol. The van der Waals surface area contributed by atoms with Crippen molar-refractivity contribution in [3.05, 3.63) is 54.1 Å². The van der Waals surface area contributed by atoms with Crippen LogP contribution in [0.2, 0.25) is 0 Å². The SMILES string of the molecule is CC(=O)c1c([Se]Br)c2ccccc2c2ccccc12. The van der Waals surface area contributed by atoms with Gasteiger partial charge in [-0.05, 0) is 0 Å². The maximum absolute atomic E-state index is 12.1. The van der Waals surface area contributed by atoms with Gasteiger partial charge < -0.3 is 0 Å². The van der Waals surface area contributed by atoms with E-state index in [9.17, 15) is 4.79 Å². The molecule has 0 amide bonds. The number of rotatable bonds is 2. The van der Waals surface area contributed by atoms with E-state index in [1.54, 1.807) is 6.92 Å². The van der Waals surface area contributed by atoms with Crippen LogP contribution in [0.25, 0.3) is 21.5 Å². The Morgan fingerprint density at radius 2 is 1.37 bits per heavy atom. The first-order chi connectivity index (χ1) is 9.24. The van der Waals surface area contributed by atoms with E-state index in [0.29, 0.717) is 0 Å². The zero-order valence-corrected chi connectivity index (χ0v) is 13.6. The molecule has 3 aromatic rings. The summed E-state index contributed by atoms with van der Waals surface area (Å²) < 4.78 is 1.15. The number of Topliss-reactive ketones (excluding diaryl/α,β-unsaturated/α-hetero) is 1. The second-order valence-electron chi connectivity index (χ2n) is 4.43. The van der Waals surface area contributed by atoms with Crippen molar-refractivity contribution < 1.29 is 4.79 Å². The summed E-state index contributed by atoms with van der Waals surface area (Å²) >= 11 is 3.70. The molecular formula is C16H11BrOSe. The fourth-order valence-electron chi connectivity index (χ4n) is 2.54. The van der Waals surface area contributed by atoms with Crippen LogP contribution in [-0.2, 0) is 0 Å². The van der Waals surface area contributed by atoms with Crippen LogP contribution in [0.3, 0.4) is 0 Å². The molecule has 0 aliphatic heterocycles. The molecule has 0 fully saturated rings. The average molecular weight is 378 g/mol. The zero-order chi connectivity index (χ0) is 13.4. The quantitative estimate of drug-likeness (QED) is 0.376. The number of benzene rings is 3. The van der Waals surface area contributed by atoms with E-state index in [2.05, 4.69) is 32.3 Å². The van der Waals surface area contributed by atoms with Gasteiger partial charge in [0.2, 0.25) is 0 Å². The molecule has 0 bridgehead atoms. The molecule has 1 nitrogen and oxygen atoms in total. The van der Waals surface area contributed by atoms with Gasteiger partial charge >= 0.3 is 125 Å². The molecule has 0 aromatic heterocycles. The van der Waals surface area contributed by atoms with Crippen molar-refractivity contribution in [3.8, 4) is 0 Å². The van der Waals surface area contributed by atoms with Crippen molar-refractivity contribution in [2.45, 2.75) is 6.92 Å². The molecule has 0 atom stereocenters. The summed E-state index contributed by atoms with van der Waals surface area (Å²) in [5, 5.41) is 4.62. The summed E-state index contributed by atoms with van der Waals surface area (Å²) in [5.74, 6) is 0.137. The maximum atomic E-state index is 12.1. The number of fused-ring (bicyclic) bond motifs is 3. The molecule has 0 N–H and O–H groups in total. The number of hydrogen-bond donors (Lipinski definition) is 0. The van der Waals surface area contributed by atoms with E-state index >= 15 is 0 Å². The minimum atomic E-state index is 0.109. The fraction of sp³-hybridized carbons (Fsp3) is 0.0625. The van der Waals surface area contributed by atoms with Crippen molar-refractivity contribution in [2.24, 2.45) is 0 Å². The Kier molecular flexibility index (Phi) is 3.44. The molecule has 3 heteroatoms. The molecule has 3 aromatic carbocycles. The molecule has 94 valence electrons. The van der Waals surface area contributed by atoms with Crippen LogP contribution in [0.15, 0.2) is 48.5 Å². The summed E-state index contributed by atoms with van der Waals surface area (Å²) in [6.45, 7) is 1.65. The summed E-state index contributed by atoms with van der Waals surface area (Å²) in [4.78, 5) is 12.1. The van der Waals surface area contributed by atoms with Crippen molar-refractivity contribution in [3.63, 3.8) is 0 Å². The number of hydrogen-bond acceptors (Lipinski definition) is 1. The van der Waals surface area contributed by atoms with Gasteiger partial charge in [0, 0.05) is 0 Å². The normalized spacial score (nSPS) is 11.1. The minimum absolute atomic E-state index is 0.109. The zero-order valence-electron chi connectivity index (χ0n) is 10.3. The molecule has 0 saturated heterocycles. The first kappa shape index (κ1) is 12.9. The van der Waals surface area contributed by atoms with Crippen molar-refractivity contribution >= 4 is 59.0 Å². The first-order valence-electron chi connectivity index (χ1n) is 5.97. The summed E-state index contributed by atoms with van der Waals surface area (Å²) in [6, 6.07) is 16.5. The van der Waals surface area contributed by atoms with Gasteiger partial charge in [0.1, 0.15) is 0 Å². The number of halogens is 1. The Morgan fingerprint density at radius 3 is 1.89 bits per heavy atom. The Bertz CT molecular complexity index is 795. The molecule has 0 heterocycles. The van der Waals surface area contributed by atoms with Crippen LogP contribution >= 0.6 is 14.1 Å². The molecule has 0 aliphatic carbocycles. The van der Waals surface area contributed by atoms with Gasteiger partial charge in [-0.2, -0.15) is 0 Å². The first-order valence-corrected chi connectivity index (χ1v) is 10.8. The van der Waals surface area contributed by atoms with E-state index in [1.807, 2.05) is 30.3 Å². The Labute approximate surface area is 124 Å². The third kappa shape index (κ3) is 2.02. The Balaban J connectivity index is 2.65. The van der Waals surface area contributed by atoms with Crippen LogP contribution < -0.4 is 4.46 Å². The molecule has 19 heavy (non-hydrogen) atoms. The van der Waals surface area contributed by atoms with Crippen LogP contribution in [0.5, 0.6) is 0 Å². The number of ketones is 1. The van der Waals surface area contributed by atoms with Crippen LogP contribution in [0.1, 0.15) is 17.3 Å². The average Bonchev–Trinajstić information content (AvgIpc) is 2.45. The van der Waals surface area contributed by atoms with Crippen molar-refractivity contribution in [1.82, 2.24) is 0 Å². The van der Waals surface area contributed by atoms with Crippen LogP contribution in [-0.4, -0.2) is 18.9 Å². The van der Waals surface area contributed by atoms with Gasteiger partial charge in [0.25, 0.3) is 0 Å². The predicted octanol–water partition coefficient (Wildman–Crippen LogP) is 3.84. The van der Waals surface area contributed by atoms with E-state index in [0.717, 1.165) is 20.8 Å². The second-order valence-corrected chi connectivity index (χ2v) is 7.29. The van der Waals surface area contributed by atoms with Gasteiger partial charge in [-0.25, -0.2) is 0 Å². The van der Waals surface area contributed by atoms with Gasteiger partial charge in [-0.3, -0.25) is 0 Å². The molecular weight excluding hydrogens is 367 g/mol. The van der Waals surface area contributed by atoms with E-state index < -0.39 is 0 Å². The summed E-state index contributed by atoms with van der Waals surface area (Å²) in [7, 11) is 0. The summed E-state index contributed by atoms with van der Waals surface area (Å²) in [6.07, 6.45) is 0. The Morgan fingerprint density at radius 1 is 0.895 bits per heavy atom. The molecule has 0 unspecified atom stereocenters. The number of carbonyl (C=O) groups excluding carboxylic acids is 1. The number of carbonyl (C=O) groups is 1. The third-order valence-electron chi connectivity index (χ3n) is 3.31. The molecule has 0 saturated carbocycles. The second kappa shape index (κ2) is 5.09. The van der Waals surface area contributed by atoms with Crippen LogP contribution in [0.4, 0.5) is 0 Å². The molecule has 0 spiro atoms. The Hall–Kier alpha value is -1.15. The van der Waals surface area contributed by atoms with Crippen molar-refractivity contribution in [1.29, 1.82) is 0 Å². The van der Waals surface area contributed by atoms with E-state index in [1.165, 1.54) is 10.8 Å². The van der Waals surface area contributed by atoms with Gasteiger partial charge in [0.15, 0.2) is 0 Å². The van der Waals surface area contributed by atoms with Crippen LogP contribution in [0, 0.1) is 0 Å². The summed E-state index contributed by atoms with van der Waals surface area (Å²) in [5.41, 5.74) is 0.867. The van der Waals surface area contributed by atoms with Crippen molar-refractivity contribution in [2.75, 3.05) is 0 Å². The standard InChI is InChI=1S/C16H11BrOSe/c1-10(18)15-13-8-4-2-6-11(13)12-7-3-5-9-14(12)16(15)19-17/h2-9H,1H3. The third-order valence-corrected chi connectivity index (χ3v) is 6.21. The fourth-order valence-corrected chi connectivity index (χ4v) is 5.53. The van der Waals surface area contributed by atoms with Gasteiger partial charge in [-0.1, -0.05) is 0 Å². The van der Waals surface area contributed by atoms with E-state index in [4.69, 9.17) is 0 Å². The van der Waals surface area contributed by atoms with Gasteiger partial charge in [-0.15, -0.1) is 0 Å². The predicted molar refractivity (Wildman–Crippen MR) is 85.8 cm³/mol. The topological polar surface area (TPSA) is 17.1 Å². The molecule has 0 radical (unpaired) electrons. The molecule has 0 aliphatic rings. The molecule has 3 rings (SSSR count).